The molecule has 170 valence electrons. The van der Waals surface area contributed by atoms with Crippen molar-refractivity contribution in [3.05, 3.63) is 23.8 Å². The zero-order valence-electron chi connectivity index (χ0n) is 19.4. The molecule has 0 spiro atoms. The summed E-state index contributed by atoms with van der Waals surface area (Å²) in [5, 5.41) is 5.68. The van der Waals surface area contributed by atoms with Gasteiger partial charge in [-0.3, -0.25) is 0 Å². The van der Waals surface area contributed by atoms with E-state index in [9.17, 15) is 4.79 Å². The van der Waals surface area contributed by atoms with Gasteiger partial charge in [-0.25, -0.2) is 4.79 Å². The molecule has 2 aromatic rings. The lowest BCUT2D eigenvalue weighted by Crippen LogP contribution is -2.09. The van der Waals surface area contributed by atoms with Gasteiger partial charge in [-0.15, -0.1) is 0 Å². The van der Waals surface area contributed by atoms with Crippen LogP contribution in [0.15, 0.2) is 23.4 Å². The van der Waals surface area contributed by atoms with Crippen LogP contribution in [0.5, 0.6) is 23.0 Å². The number of carbonyl (C=O) groups excluding carboxylic acids is 1. The number of oxime groups is 1. The number of methoxy groups -OCH3 is 4. The second-order valence-electron chi connectivity index (χ2n) is 7.09. The SMILES string of the molecule is CCCCCC(=NOC(=O)CCC)c1cc(OC)c2c(OC)ccc(OC)c2c1OC. The highest BCUT2D eigenvalue weighted by atomic mass is 16.7. The molecular formula is C24H33NO6. The number of fused-ring (bicyclic) bond motifs is 1. The highest BCUT2D eigenvalue weighted by Crippen LogP contribution is 2.46. The zero-order chi connectivity index (χ0) is 22.8. The van der Waals surface area contributed by atoms with Crippen LogP contribution in [0.1, 0.15) is 57.9 Å². The van der Waals surface area contributed by atoms with Crippen molar-refractivity contribution in [2.45, 2.75) is 52.4 Å². The Morgan fingerprint density at radius 1 is 0.806 bits per heavy atom. The fourth-order valence-electron chi connectivity index (χ4n) is 3.49. The Bertz CT molecular complexity index is 922. The molecule has 0 saturated carbocycles. The third-order valence-corrected chi connectivity index (χ3v) is 5.03. The van der Waals surface area contributed by atoms with E-state index >= 15 is 0 Å². The van der Waals surface area contributed by atoms with Crippen molar-refractivity contribution >= 4 is 22.5 Å². The molecule has 31 heavy (non-hydrogen) atoms. The van der Waals surface area contributed by atoms with Crippen LogP contribution in [0.3, 0.4) is 0 Å². The van der Waals surface area contributed by atoms with Gasteiger partial charge in [-0.1, -0.05) is 31.8 Å². The van der Waals surface area contributed by atoms with Crippen LogP contribution in [-0.2, 0) is 9.63 Å². The molecule has 0 aromatic heterocycles. The molecule has 7 nitrogen and oxygen atoms in total. The number of ether oxygens (including phenoxy) is 4. The largest absolute Gasteiger partial charge is 0.496 e. The standard InChI is InChI=1S/C24H33NO6/c1-7-9-10-12-17(25-31-21(26)11-8-2)16-15-20(29-5)22-18(27-3)13-14-19(28-4)23(22)24(16)30-6/h13-15H,7-12H2,1-6H3. The summed E-state index contributed by atoms with van der Waals surface area (Å²) in [5.41, 5.74) is 1.32. The lowest BCUT2D eigenvalue weighted by molar-refractivity contribution is -0.143. The van der Waals surface area contributed by atoms with Crippen LogP contribution in [0.4, 0.5) is 0 Å². The molecule has 0 fully saturated rings. The molecule has 7 heteroatoms. The summed E-state index contributed by atoms with van der Waals surface area (Å²) < 4.78 is 22.7. The average Bonchev–Trinajstić information content (AvgIpc) is 2.79. The molecule has 0 N–H and O–H groups in total. The van der Waals surface area contributed by atoms with E-state index in [0.29, 0.717) is 58.9 Å². The Labute approximate surface area is 184 Å². The lowest BCUT2D eigenvalue weighted by Gasteiger charge is -2.19. The topological polar surface area (TPSA) is 75.6 Å². The van der Waals surface area contributed by atoms with Crippen molar-refractivity contribution in [2.24, 2.45) is 5.16 Å². The van der Waals surface area contributed by atoms with Crippen LogP contribution in [0.2, 0.25) is 0 Å². The van der Waals surface area contributed by atoms with Crippen molar-refractivity contribution in [3.63, 3.8) is 0 Å². The van der Waals surface area contributed by atoms with E-state index < -0.39 is 0 Å². The van der Waals surface area contributed by atoms with Gasteiger partial charge in [0.2, 0.25) is 0 Å². The van der Waals surface area contributed by atoms with Gasteiger partial charge in [0.05, 0.1) is 44.9 Å². The maximum absolute atomic E-state index is 12.0. The van der Waals surface area contributed by atoms with Crippen LogP contribution < -0.4 is 18.9 Å². The molecule has 0 saturated heterocycles. The predicted octanol–water partition coefficient (Wildman–Crippen LogP) is 5.50. The van der Waals surface area contributed by atoms with Gasteiger partial charge in [0, 0.05) is 12.0 Å². The minimum atomic E-state index is -0.360. The Kier molecular flexibility index (Phi) is 9.43. The molecule has 0 aliphatic carbocycles. The monoisotopic (exact) mass is 431 g/mol. The first kappa shape index (κ1) is 24.3. The third kappa shape index (κ3) is 5.60. The molecule has 0 atom stereocenters. The fourth-order valence-corrected chi connectivity index (χ4v) is 3.49. The first-order valence-corrected chi connectivity index (χ1v) is 10.6. The number of rotatable bonds is 12. The molecule has 0 amide bonds. The Balaban J connectivity index is 2.76. The van der Waals surface area contributed by atoms with Crippen molar-refractivity contribution in [1.29, 1.82) is 0 Å². The van der Waals surface area contributed by atoms with Gasteiger partial charge in [0.1, 0.15) is 23.0 Å². The van der Waals surface area contributed by atoms with E-state index in [1.165, 1.54) is 0 Å². The molecule has 0 heterocycles. The van der Waals surface area contributed by atoms with E-state index in [2.05, 4.69) is 12.1 Å². The van der Waals surface area contributed by atoms with E-state index in [1.54, 1.807) is 28.4 Å². The first-order chi connectivity index (χ1) is 15.1. The van der Waals surface area contributed by atoms with Crippen LogP contribution in [-0.4, -0.2) is 40.1 Å². The average molecular weight is 432 g/mol. The third-order valence-electron chi connectivity index (χ3n) is 5.03. The quantitative estimate of drug-likeness (QED) is 0.191. The molecular weight excluding hydrogens is 398 g/mol. The lowest BCUT2D eigenvalue weighted by atomic mass is 9.97. The summed E-state index contributed by atoms with van der Waals surface area (Å²) >= 11 is 0. The summed E-state index contributed by atoms with van der Waals surface area (Å²) in [7, 11) is 6.39. The summed E-state index contributed by atoms with van der Waals surface area (Å²) in [6.07, 6.45) is 4.64. The predicted molar refractivity (Wildman–Crippen MR) is 122 cm³/mol. The minimum Gasteiger partial charge on any atom is -0.496 e. The highest BCUT2D eigenvalue weighted by molar-refractivity contribution is 6.12. The maximum Gasteiger partial charge on any atom is 0.335 e. The Hall–Kier alpha value is -2.96. The van der Waals surface area contributed by atoms with Crippen LogP contribution in [0, 0.1) is 0 Å². The summed E-state index contributed by atoms with van der Waals surface area (Å²) in [6.45, 7) is 4.05. The fraction of sp³-hybridized carbons (Fsp3) is 0.500. The molecule has 2 rings (SSSR count). The molecule has 0 radical (unpaired) electrons. The molecule has 0 aliphatic heterocycles. The van der Waals surface area contributed by atoms with Crippen molar-refractivity contribution in [2.75, 3.05) is 28.4 Å². The highest BCUT2D eigenvalue weighted by Gasteiger charge is 2.23. The van der Waals surface area contributed by atoms with E-state index in [-0.39, 0.29) is 5.97 Å². The molecule has 0 unspecified atom stereocenters. The summed E-state index contributed by atoms with van der Waals surface area (Å²) in [5.74, 6) is 2.04. The normalized spacial score (nSPS) is 11.4. The number of carbonyl (C=O) groups is 1. The summed E-state index contributed by atoms with van der Waals surface area (Å²) in [4.78, 5) is 17.2. The molecule has 0 aliphatic rings. The Morgan fingerprint density at radius 2 is 1.45 bits per heavy atom. The van der Waals surface area contributed by atoms with E-state index in [1.807, 2.05) is 25.1 Å². The van der Waals surface area contributed by atoms with E-state index in [4.69, 9.17) is 23.8 Å². The second kappa shape index (κ2) is 12.0. The summed E-state index contributed by atoms with van der Waals surface area (Å²) in [6, 6.07) is 5.50. The van der Waals surface area contributed by atoms with Gasteiger partial charge in [0.15, 0.2) is 0 Å². The molecule has 2 aromatic carbocycles. The van der Waals surface area contributed by atoms with Gasteiger partial charge >= 0.3 is 5.97 Å². The van der Waals surface area contributed by atoms with Gasteiger partial charge in [0.25, 0.3) is 0 Å². The number of unbranched alkanes of at least 4 members (excludes halogenated alkanes) is 2. The number of hydrogen-bond donors (Lipinski definition) is 0. The van der Waals surface area contributed by atoms with Gasteiger partial charge in [-0.05, 0) is 37.5 Å². The number of nitrogens with zero attached hydrogens (tertiary/aromatic N) is 1. The van der Waals surface area contributed by atoms with E-state index in [0.717, 1.165) is 24.6 Å². The first-order valence-electron chi connectivity index (χ1n) is 10.6. The van der Waals surface area contributed by atoms with Gasteiger partial charge < -0.3 is 23.8 Å². The maximum atomic E-state index is 12.0. The van der Waals surface area contributed by atoms with Crippen molar-refractivity contribution in [3.8, 4) is 23.0 Å². The van der Waals surface area contributed by atoms with Crippen LogP contribution in [0.25, 0.3) is 10.8 Å². The molecule has 0 bridgehead atoms. The van der Waals surface area contributed by atoms with Crippen LogP contribution >= 0.6 is 0 Å². The smallest absolute Gasteiger partial charge is 0.335 e. The second-order valence-corrected chi connectivity index (χ2v) is 7.09. The van der Waals surface area contributed by atoms with Crippen molar-refractivity contribution < 1.29 is 28.6 Å². The Morgan fingerprint density at radius 3 is 2.00 bits per heavy atom. The minimum absolute atomic E-state index is 0.314. The van der Waals surface area contributed by atoms with Gasteiger partial charge in [-0.2, -0.15) is 0 Å². The zero-order valence-corrected chi connectivity index (χ0v) is 19.4. The van der Waals surface area contributed by atoms with Crippen molar-refractivity contribution in [1.82, 2.24) is 0 Å². The number of benzene rings is 2. The number of hydrogen-bond acceptors (Lipinski definition) is 7.